The van der Waals surface area contributed by atoms with Crippen molar-refractivity contribution >= 4 is 29.1 Å². The number of ether oxygens (including phenoxy) is 1. The second-order valence-electron chi connectivity index (χ2n) is 7.66. The maximum atomic E-state index is 12.7. The van der Waals surface area contributed by atoms with Crippen molar-refractivity contribution in [1.29, 1.82) is 0 Å². The lowest BCUT2D eigenvalue weighted by atomic mass is 10.1. The lowest BCUT2D eigenvalue weighted by Crippen LogP contribution is -2.29. The van der Waals surface area contributed by atoms with E-state index in [0.29, 0.717) is 28.3 Å². The van der Waals surface area contributed by atoms with E-state index >= 15 is 0 Å². The summed E-state index contributed by atoms with van der Waals surface area (Å²) in [4.78, 5) is 38.9. The summed E-state index contributed by atoms with van der Waals surface area (Å²) in [5, 5.41) is 2.77. The van der Waals surface area contributed by atoms with Gasteiger partial charge in [-0.2, -0.15) is 0 Å². The quantitative estimate of drug-likeness (QED) is 0.643. The van der Waals surface area contributed by atoms with Crippen LogP contribution in [0.3, 0.4) is 0 Å². The topological polar surface area (TPSA) is 75.7 Å². The van der Waals surface area contributed by atoms with Crippen LogP contribution in [0.1, 0.15) is 38.3 Å². The molecule has 5 rings (SSSR count). The number of hydrogen-bond donors (Lipinski definition) is 1. The second-order valence-corrected chi connectivity index (χ2v) is 7.66. The SMILES string of the molecule is O=C(COc1ccc2c(c1)CCC2)Nc1cccc(N2C(=O)c3ccccc3C2=O)c1. The van der Waals surface area contributed by atoms with Crippen molar-refractivity contribution in [2.75, 3.05) is 16.8 Å². The van der Waals surface area contributed by atoms with E-state index < -0.39 is 0 Å². The first-order chi connectivity index (χ1) is 15.1. The van der Waals surface area contributed by atoms with E-state index in [9.17, 15) is 14.4 Å². The van der Waals surface area contributed by atoms with Gasteiger partial charge in [-0.3, -0.25) is 14.4 Å². The van der Waals surface area contributed by atoms with Crippen LogP contribution in [0.5, 0.6) is 5.75 Å². The number of hydrogen-bond acceptors (Lipinski definition) is 4. The van der Waals surface area contributed by atoms with Crippen LogP contribution in [-0.4, -0.2) is 24.3 Å². The number of nitrogens with zero attached hydrogens (tertiary/aromatic N) is 1. The third-order valence-electron chi connectivity index (χ3n) is 5.62. The third-order valence-corrected chi connectivity index (χ3v) is 5.62. The number of aryl methyl sites for hydroxylation is 2. The molecular weight excluding hydrogens is 392 g/mol. The van der Waals surface area contributed by atoms with Crippen LogP contribution in [0.4, 0.5) is 11.4 Å². The molecule has 0 fully saturated rings. The second kappa shape index (κ2) is 7.72. The van der Waals surface area contributed by atoms with E-state index in [1.54, 1.807) is 48.5 Å². The van der Waals surface area contributed by atoms with Crippen molar-refractivity contribution in [2.24, 2.45) is 0 Å². The van der Waals surface area contributed by atoms with E-state index in [4.69, 9.17) is 4.74 Å². The van der Waals surface area contributed by atoms with Crippen molar-refractivity contribution in [3.8, 4) is 5.75 Å². The Kier molecular flexibility index (Phi) is 4.75. The molecule has 6 nitrogen and oxygen atoms in total. The molecule has 0 unspecified atom stereocenters. The highest BCUT2D eigenvalue weighted by Crippen LogP contribution is 2.30. The van der Waals surface area contributed by atoms with E-state index in [0.717, 1.165) is 24.2 Å². The van der Waals surface area contributed by atoms with Crippen molar-refractivity contribution in [3.05, 3.63) is 89.0 Å². The molecule has 0 bridgehead atoms. The Morgan fingerprint density at radius 1 is 0.871 bits per heavy atom. The summed E-state index contributed by atoms with van der Waals surface area (Å²) >= 11 is 0. The Hall–Kier alpha value is -3.93. The normalized spacial score (nSPS) is 14.4. The molecule has 3 aromatic carbocycles. The molecule has 31 heavy (non-hydrogen) atoms. The largest absolute Gasteiger partial charge is 0.484 e. The zero-order chi connectivity index (χ0) is 21.4. The van der Waals surface area contributed by atoms with Crippen LogP contribution in [0.15, 0.2) is 66.7 Å². The van der Waals surface area contributed by atoms with Gasteiger partial charge in [0.25, 0.3) is 17.7 Å². The number of imide groups is 1. The molecule has 0 atom stereocenters. The maximum Gasteiger partial charge on any atom is 0.266 e. The highest BCUT2D eigenvalue weighted by molar-refractivity contribution is 6.34. The molecule has 1 aliphatic heterocycles. The fraction of sp³-hybridized carbons (Fsp3) is 0.160. The van der Waals surface area contributed by atoms with Crippen molar-refractivity contribution in [2.45, 2.75) is 19.3 Å². The van der Waals surface area contributed by atoms with E-state index in [1.165, 1.54) is 11.1 Å². The summed E-state index contributed by atoms with van der Waals surface area (Å²) in [6.45, 7) is -0.129. The first-order valence-corrected chi connectivity index (χ1v) is 10.2. The molecule has 3 amide bonds. The molecular formula is C25H20N2O4. The van der Waals surface area contributed by atoms with Gasteiger partial charge < -0.3 is 10.1 Å². The molecule has 0 spiro atoms. The van der Waals surface area contributed by atoms with Gasteiger partial charge in [0, 0.05) is 5.69 Å². The Balaban J connectivity index is 1.26. The number of nitrogens with one attached hydrogen (secondary N) is 1. The number of benzene rings is 3. The molecule has 2 aliphatic rings. The van der Waals surface area contributed by atoms with Gasteiger partial charge in [-0.25, -0.2) is 4.90 Å². The Bertz CT molecular complexity index is 1180. The van der Waals surface area contributed by atoms with E-state index in [1.807, 2.05) is 12.1 Å². The summed E-state index contributed by atoms with van der Waals surface area (Å²) in [5.74, 6) is -0.386. The number of rotatable bonds is 5. The van der Waals surface area contributed by atoms with Gasteiger partial charge in [0.15, 0.2) is 6.61 Å². The van der Waals surface area contributed by atoms with Crippen molar-refractivity contribution in [1.82, 2.24) is 0 Å². The summed E-state index contributed by atoms with van der Waals surface area (Å²) < 4.78 is 5.64. The lowest BCUT2D eigenvalue weighted by molar-refractivity contribution is -0.118. The van der Waals surface area contributed by atoms with Crippen LogP contribution in [0, 0.1) is 0 Å². The molecule has 0 saturated heterocycles. The van der Waals surface area contributed by atoms with Gasteiger partial charge in [0.2, 0.25) is 0 Å². The smallest absolute Gasteiger partial charge is 0.266 e. The van der Waals surface area contributed by atoms with Crippen LogP contribution in [-0.2, 0) is 17.6 Å². The lowest BCUT2D eigenvalue weighted by Gasteiger charge is -2.15. The molecule has 154 valence electrons. The predicted octanol–water partition coefficient (Wildman–Crippen LogP) is 3.99. The highest BCUT2D eigenvalue weighted by Gasteiger charge is 2.36. The monoisotopic (exact) mass is 412 g/mol. The Labute approximate surface area is 179 Å². The average molecular weight is 412 g/mol. The number of amides is 3. The number of carbonyl (C=O) groups is 3. The maximum absolute atomic E-state index is 12.7. The zero-order valence-electron chi connectivity index (χ0n) is 16.8. The van der Waals surface area contributed by atoms with Gasteiger partial charge in [-0.1, -0.05) is 24.3 Å². The summed E-state index contributed by atoms with van der Waals surface area (Å²) in [5.41, 5.74) is 4.28. The van der Waals surface area contributed by atoms with Crippen LogP contribution in [0.25, 0.3) is 0 Å². The first-order valence-electron chi connectivity index (χ1n) is 10.2. The third kappa shape index (κ3) is 3.57. The Morgan fingerprint density at radius 2 is 1.61 bits per heavy atom. The van der Waals surface area contributed by atoms with Gasteiger partial charge in [0.05, 0.1) is 16.8 Å². The zero-order valence-corrected chi connectivity index (χ0v) is 16.8. The summed E-state index contributed by atoms with van der Waals surface area (Å²) in [6, 6.07) is 19.3. The molecule has 0 aromatic heterocycles. The van der Waals surface area contributed by atoms with Gasteiger partial charge in [-0.05, 0) is 72.9 Å². The Morgan fingerprint density at radius 3 is 2.39 bits per heavy atom. The molecule has 1 N–H and O–H groups in total. The van der Waals surface area contributed by atoms with Gasteiger partial charge >= 0.3 is 0 Å². The van der Waals surface area contributed by atoms with Gasteiger partial charge in [-0.15, -0.1) is 0 Å². The van der Waals surface area contributed by atoms with Crippen LogP contribution < -0.4 is 15.0 Å². The molecule has 6 heteroatoms. The summed E-state index contributed by atoms with van der Waals surface area (Å²) in [6.07, 6.45) is 3.30. The molecule has 3 aromatic rings. The number of carbonyl (C=O) groups excluding carboxylic acids is 3. The minimum absolute atomic E-state index is 0.129. The molecule has 0 saturated carbocycles. The van der Waals surface area contributed by atoms with Crippen molar-refractivity contribution < 1.29 is 19.1 Å². The van der Waals surface area contributed by atoms with Crippen LogP contribution in [0.2, 0.25) is 0 Å². The molecule has 1 heterocycles. The predicted molar refractivity (Wildman–Crippen MR) is 117 cm³/mol. The summed E-state index contributed by atoms with van der Waals surface area (Å²) in [7, 11) is 0. The van der Waals surface area contributed by atoms with Crippen molar-refractivity contribution in [3.63, 3.8) is 0 Å². The highest BCUT2D eigenvalue weighted by atomic mass is 16.5. The molecule has 0 radical (unpaired) electrons. The average Bonchev–Trinajstić information content (AvgIpc) is 3.35. The standard InChI is InChI=1S/C25H20N2O4/c28-23(15-31-20-12-11-16-5-3-6-17(16)13-20)26-18-7-4-8-19(14-18)27-24(29)21-9-1-2-10-22(21)25(27)30/h1-2,4,7-14H,3,5-6,15H2,(H,26,28). The van der Waals surface area contributed by atoms with Crippen LogP contribution >= 0.6 is 0 Å². The first kappa shape index (κ1) is 19.1. The number of anilines is 2. The minimum atomic E-state index is -0.371. The fourth-order valence-electron chi connectivity index (χ4n) is 4.13. The molecule has 1 aliphatic carbocycles. The number of fused-ring (bicyclic) bond motifs is 2. The van der Waals surface area contributed by atoms with E-state index in [2.05, 4.69) is 11.4 Å². The minimum Gasteiger partial charge on any atom is -0.484 e. The van der Waals surface area contributed by atoms with E-state index in [-0.39, 0.29) is 24.3 Å². The van der Waals surface area contributed by atoms with Gasteiger partial charge in [0.1, 0.15) is 5.75 Å². The fourth-order valence-corrected chi connectivity index (χ4v) is 4.13.